The SMILES string of the molecule is COC1c2ncncc2-c2ncnc(SC)c2SN1OC. The summed E-state index contributed by atoms with van der Waals surface area (Å²) in [5.41, 5.74) is 2.33. The van der Waals surface area contributed by atoms with Crippen molar-refractivity contribution in [1.82, 2.24) is 24.4 Å². The summed E-state index contributed by atoms with van der Waals surface area (Å²) in [6, 6.07) is 0. The molecule has 9 heteroatoms. The molecule has 0 spiro atoms. The zero-order chi connectivity index (χ0) is 14.8. The van der Waals surface area contributed by atoms with Gasteiger partial charge < -0.3 is 4.74 Å². The topological polar surface area (TPSA) is 73.3 Å². The van der Waals surface area contributed by atoms with Gasteiger partial charge in [-0.05, 0) is 18.2 Å². The number of rotatable bonds is 3. The van der Waals surface area contributed by atoms with Gasteiger partial charge in [0.05, 0.1) is 17.7 Å². The van der Waals surface area contributed by atoms with E-state index in [1.54, 1.807) is 43.0 Å². The standard InChI is InChI=1S/C12H13N5O2S2/c1-18-12-9-7(4-13-5-14-9)8-10(21-17(12)19-2)11(20-3)16-6-15-8/h4-6,12H,1-3H3. The average molecular weight is 323 g/mol. The fraction of sp³-hybridized carbons (Fsp3) is 0.333. The van der Waals surface area contributed by atoms with Crippen LogP contribution in [0.5, 0.6) is 0 Å². The van der Waals surface area contributed by atoms with Crippen LogP contribution in [0.3, 0.4) is 0 Å². The normalized spacial score (nSPS) is 18.0. The van der Waals surface area contributed by atoms with E-state index in [9.17, 15) is 0 Å². The molecule has 0 bridgehead atoms. The van der Waals surface area contributed by atoms with Crippen molar-refractivity contribution < 1.29 is 9.57 Å². The molecule has 0 aliphatic carbocycles. The summed E-state index contributed by atoms with van der Waals surface area (Å²) in [5, 5.41) is 0.874. The van der Waals surface area contributed by atoms with Crippen LogP contribution in [-0.2, 0) is 9.57 Å². The van der Waals surface area contributed by atoms with Gasteiger partial charge in [-0.2, -0.15) is 0 Å². The van der Waals surface area contributed by atoms with E-state index in [-0.39, 0.29) is 0 Å². The minimum absolute atomic E-state index is 0.457. The monoisotopic (exact) mass is 323 g/mol. The van der Waals surface area contributed by atoms with Crippen molar-refractivity contribution in [3.05, 3.63) is 24.5 Å². The van der Waals surface area contributed by atoms with Crippen LogP contribution in [-0.4, -0.2) is 44.9 Å². The number of methoxy groups -OCH3 is 1. The van der Waals surface area contributed by atoms with E-state index < -0.39 is 6.23 Å². The largest absolute Gasteiger partial charge is 0.357 e. The zero-order valence-electron chi connectivity index (χ0n) is 11.7. The third-order valence-corrected chi connectivity index (χ3v) is 4.89. The average Bonchev–Trinajstić information content (AvgIpc) is 2.68. The van der Waals surface area contributed by atoms with Gasteiger partial charge in [0.15, 0.2) is 6.23 Å². The molecule has 1 atom stereocenters. The Balaban J connectivity index is 2.27. The van der Waals surface area contributed by atoms with E-state index in [0.29, 0.717) is 5.69 Å². The first kappa shape index (κ1) is 14.7. The van der Waals surface area contributed by atoms with Gasteiger partial charge in [-0.1, -0.05) is 4.47 Å². The summed E-state index contributed by atoms with van der Waals surface area (Å²) >= 11 is 2.94. The molecule has 3 rings (SSSR count). The highest BCUT2D eigenvalue weighted by atomic mass is 32.2. The van der Waals surface area contributed by atoms with Crippen LogP contribution >= 0.6 is 23.7 Å². The van der Waals surface area contributed by atoms with Gasteiger partial charge in [-0.15, -0.1) is 11.8 Å². The number of nitrogens with zero attached hydrogens (tertiary/aromatic N) is 5. The van der Waals surface area contributed by atoms with E-state index in [2.05, 4.69) is 19.9 Å². The summed E-state index contributed by atoms with van der Waals surface area (Å²) in [7, 11) is 3.20. The Morgan fingerprint density at radius 2 is 2.10 bits per heavy atom. The maximum atomic E-state index is 5.54. The highest BCUT2D eigenvalue weighted by Crippen LogP contribution is 2.45. The Labute approximate surface area is 130 Å². The Bertz CT molecular complexity index is 657. The van der Waals surface area contributed by atoms with Crippen molar-refractivity contribution in [1.29, 1.82) is 0 Å². The van der Waals surface area contributed by atoms with Crippen molar-refractivity contribution in [3.63, 3.8) is 0 Å². The molecule has 21 heavy (non-hydrogen) atoms. The number of aromatic nitrogens is 4. The van der Waals surface area contributed by atoms with E-state index >= 15 is 0 Å². The lowest BCUT2D eigenvalue weighted by molar-refractivity contribution is -0.160. The van der Waals surface area contributed by atoms with E-state index in [0.717, 1.165) is 21.2 Å². The first-order valence-electron chi connectivity index (χ1n) is 6.03. The Morgan fingerprint density at radius 3 is 2.81 bits per heavy atom. The second kappa shape index (κ2) is 6.24. The highest BCUT2D eigenvalue weighted by Gasteiger charge is 2.33. The molecule has 0 saturated carbocycles. The van der Waals surface area contributed by atoms with Crippen LogP contribution in [0, 0.1) is 0 Å². The van der Waals surface area contributed by atoms with Gasteiger partial charge in [0.1, 0.15) is 23.4 Å². The van der Waals surface area contributed by atoms with Crippen LogP contribution in [0.25, 0.3) is 11.3 Å². The lowest BCUT2D eigenvalue weighted by Crippen LogP contribution is -2.23. The maximum absolute atomic E-state index is 5.54. The lowest BCUT2D eigenvalue weighted by Gasteiger charge is -2.24. The minimum atomic E-state index is -0.457. The molecule has 0 saturated heterocycles. The van der Waals surface area contributed by atoms with Gasteiger partial charge in [0, 0.05) is 18.9 Å². The minimum Gasteiger partial charge on any atom is -0.357 e. The fourth-order valence-corrected chi connectivity index (χ4v) is 3.78. The van der Waals surface area contributed by atoms with Crippen molar-refractivity contribution in [3.8, 4) is 11.3 Å². The molecule has 0 radical (unpaired) electrons. The zero-order valence-corrected chi connectivity index (χ0v) is 13.3. The predicted octanol–water partition coefficient (Wildman–Crippen LogP) is 2.18. The van der Waals surface area contributed by atoms with Crippen molar-refractivity contribution in [2.75, 3.05) is 20.5 Å². The Morgan fingerprint density at radius 1 is 1.24 bits per heavy atom. The van der Waals surface area contributed by atoms with Gasteiger partial charge in [0.25, 0.3) is 0 Å². The summed E-state index contributed by atoms with van der Waals surface area (Å²) in [4.78, 5) is 23.5. The van der Waals surface area contributed by atoms with E-state index in [1.807, 2.05) is 6.26 Å². The van der Waals surface area contributed by atoms with Gasteiger partial charge >= 0.3 is 0 Å². The maximum Gasteiger partial charge on any atom is 0.187 e. The summed E-state index contributed by atoms with van der Waals surface area (Å²) in [5.74, 6) is 0. The molecule has 0 N–H and O–H groups in total. The number of fused-ring (bicyclic) bond motifs is 3. The van der Waals surface area contributed by atoms with Crippen molar-refractivity contribution in [2.24, 2.45) is 0 Å². The second-order valence-corrected chi connectivity index (χ2v) is 5.78. The highest BCUT2D eigenvalue weighted by molar-refractivity contribution is 8.00. The number of ether oxygens (including phenoxy) is 1. The lowest BCUT2D eigenvalue weighted by atomic mass is 10.1. The smallest absolute Gasteiger partial charge is 0.187 e. The van der Waals surface area contributed by atoms with Crippen molar-refractivity contribution >= 4 is 23.7 Å². The third-order valence-electron chi connectivity index (χ3n) is 2.97. The van der Waals surface area contributed by atoms with Crippen LogP contribution in [0.4, 0.5) is 0 Å². The van der Waals surface area contributed by atoms with Gasteiger partial charge in [-0.25, -0.2) is 19.9 Å². The molecular formula is C12H13N5O2S2. The van der Waals surface area contributed by atoms with Crippen molar-refractivity contribution in [2.45, 2.75) is 16.1 Å². The van der Waals surface area contributed by atoms with E-state index in [1.165, 1.54) is 18.3 Å². The number of hydroxylamine groups is 1. The Kier molecular flexibility index (Phi) is 4.36. The third kappa shape index (κ3) is 2.51. The van der Waals surface area contributed by atoms with Crippen LogP contribution in [0.2, 0.25) is 0 Å². The molecule has 1 unspecified atom stereocenters. The molecule has 1 aliphatic rings. The van der Waals surface area contributed by atoms with Gasteiger partial charge in [0.2, 0.25) is 0 Å². The quantitative estimate of drug-likeness (QED) is 0.480. The molecule has 0 aromatic carbocycles. The predicted molar refractivity (Wildman–Crippen MR) is 79.3 cm³/mol. The number of hydrogen-bond acceptors (Lipinski definition) is 9. The van der Waals surface area contributed by atoms with Crippen LogP contribution in [0.15, 0.2) is 28.8 Å². The van der Waals surface area contributed by atoms with E-state index in [4.69, 9.17) is 9.57 Å². The first-order valence-corrected chi connectivity index (χ1v) is 8.03. The van der Waals surface area contributed by atoms with Gasteiger partial charge in [-0.3, -0.25) is 4.84 Å². The fourth-order valence-electron chi connectivity index (χ4n) is 2.06. The summed E-state index contributed by atoms with van der Waals surface area (Å²) < 4.78 is 7.18. The summed E-state index contributed by atoms with van der Waals surface area (Å²) in [6.07, 6.45) is 6.30. The Hall–Kier alpha value is -1.26. The molecular weight excluding hydrogens is 310 g/mol. The molecule has 7 nitrogen and oxygen atoms in total. The van der Waals surface area contributed by atoms with Crippen LogP contribution in [0.1, 0.15) is 11.9 Å². The number of hydrogen-bond donors (Lipinski definition) is 0. The molecule has 3 heterocycles. The molecule has 0 fully saturated rings. The number of thioether (sulfide) groups is 1. The molecule has 110 valence electrons. The molecule has 1 aliphatic heterocycles. The van der Waals surface area contributed by atoms with Crippen LogP contribution < -0.4 is 0 Å². The molecule has 2 aromatic heterocycles. The molecule has 0 amide bonds. The second-order valence-electron chi connectivity index (χ2n) is 4.03. The first-order chi connectivity index (χ1) is 10.3. The molecule has 2 aromatic rings. The summed E-state index contributed by atoms with van der Waals surface area (Å²) in [6.45, 7) is 0.